The smallest absolute Gasteiger partial charge is 0.142 e. The second-order valence-electron chi connectivity index (χ2n) is 2.42. The summed E-state index contributed by atoms with van der Waals surface area (Å²) in [7, 11) is 0. The van der Waals surface area contributed by atoms with Gasteiger partial charge in [0.2, 0.25) is 0 Å². The number of thiophene rings is 1. The van der Waals surface area contributed by atoms with E-state index in [-0.39, 0.29) is 5.82 Å². The molecule has 0 saturated heterocycles. The average Bonchev–Trinajstić information content (AvgIpc) is 2.42. The second-order valence-corrected chi connectivity index (χ2v) is 4.47. The highest BCUT2D eigenvalue weighted by Gasteiger charge is 2.08. The van der Waals surface area contributed by atoms with Crippen LogP contribution in [0.25, 0.3) is 10.1 Å². The normalized spacial score (nSPS) is 10.8. The van der Waals surface area contributed by atoms with Crippen LogP contribution in [0, 0.1) is 9.39 Å². The van der Waals surface area contributed by atoms with Crippen molar-refractivity contribution in [2.75, 3.05) is 5.73 Å². The standard InChI is InChI=1S/C8H5FINS/c9-4-3-12-8-6(11)2-1-5(10)7(4)8/h1-3H,11H2. The highest BCUT2D eigenvalue weighted by molar-refractivity contribution is 14.1. The Morgan fingerprint density at radius 3 is 2.83 bits per heavy atom. The van der Waals surface area contributed by atoms with Gasteiger partial charge in [0, 0.05) is 20.0 Å². The molecule has 1 aromatic heterocycles. The van der Waals surface area contributed by atoms with Crippen molar-refractivity contribution < 1.29 is 4.39 Å². The Bertz CT molecular complexity index is 438. The second kappa shape index (κ2) is 2.85. The Hall–Kier alpha value is -0.360. The quantitative estimate of drug-likeness (QED) is 0.586. The van der Waals surface area contributed by atoms with E-state index in [0.717, 1.165) is 8.27 Å². The molecule has 1 aromatic carbocycles. The van der Waals surface area contributed by atoms with E-state index in [1.54, 1.807) is 6.07 Å². The van der Waals surface area contributed by atoms with Crippen LogP contribution in [0.2, 0.25) is 0 Å². The summed E-state index contributed by atoms with van der Waals surface area (Å²) in [4.78, 5) is 0. The van der Waals surface area contributed by atoms with Crippen LogP contribution < -0.4 is 5.73 Å². The van der Waals surface area contributed by atoms with Gasteiger partial charge in [0.05, 0.1) is 4.70 Å². The predicted molar refractivity (Wildman–Crippen MR) is 58.9 cm³/mol. The first kappa shape index (κ1) is 8.25. The number of fused-ring (bicyclic) bond motifs is 1. The van der Waals surface area contributed by atoms with Crippen LogP contribution in [0.15, 0.2) is 17.5 Å². The van der Waals surface area contributed by atoms with Gasteiger partial charge in [0.1, 0.15) is 5.82 Å². The first-order valence-corrected chi connectivity index (χ1v) is 5.26. The molecule has 2 N–H and O–H groups in total. The van der Waals surface area contributed by atoms with E-state index in [4.69, 9.17) is 5.73 Å². The zero-order valence-electron chi connectivity index (χ0n) is 5.97. The monoisotopic (exact) mass is 293 g/mol. The molecular formula is C8H5FINS. The number of hydrogen-bond donors (Lipinski definition) is 1. The minimum atomic E-state index is -0.174. The molecule has 0 aliphatic carbocycles. The van der Waals surface area contributed by atoms with E-state index in [2.05, 4.69) is 22.6 Å². The maximum Gasteiger partial charge on any atom is 0.142 e. The molecule has 0 bridgehead atoms. The van der Waals surface area contributed by atoms with Gasteiger partial charge in [0.15, 0.2) is 0 Å². The highest BCUT2D eigenvalue weighted by Crippen LogP contribution is 2.32. The predicted octanol–water partition coefficient (Wildman–Crippen LogP) is 3.23. The number of benzene rings is 1. The third-order valence-corrected chi connectivity index (χ3v) is 3.56. The van der Waals surface area contributed by atoms with Crippen molar-refractivity contribution in [3.63, 3.8) is 0 Å². The minimum Gasteiger partial charge on any atom is -0.398 e. The van der Waals surface area contributed by atoms with Crippen molar-refractivity contribution in [2.24, 2.45) is 0 Å². The molecule has 0 aliphatic heterocycles. The van der Waals surface area contributed by atoms with Crippen molar-refractivity contribution in [3.05, 3.63) is 26.9 Å². The number of anilines is 1. The van der Waals surface area contributed by atoms with Crippen molar-refractivity contribution in [1.29, 1.82) is 0 Å². The van der Waals surface area contributed by atoms with Crippen LogP contribution in [0.1, 0.15) is 0 Å². The van der Waals surface area contributed by atoms with E-state index >= 15 is 0 Å². The highest BCUT2D eigenvalue weighted by atomic mass is 127. The summed E-state index contributed by atoms with van der Waals surface area (Å²) in [6.45, 7) is 0. The summed E-state index contributed by atoms with van der Waals surface area (Å²) in [5.41, 5.74) is 6.33. The molecule has 0 atom stereocenters. The van der Waals surface area contributed by atoms with Crippen molar-refractivity contribution in [3.8, 4) is 0 Å². The Labute approximate surface area is 86.5 Å². The largest absolute Gasteiger partial charge is 0.398 e. The SMILES string of the molecule is Nc1ccc(I)c2c(F)csc12. The van der Waals surface area contributed by atoms with Crippen LogP contribution in [-0.2, 0) is 0 Å². The van der Waals surface area contributed by atoms with E-state index < -0.39 is 0 Å². The van der Waals surface area contributed by atoms with Crippen molar-refractivity contribution in [2.45, 2.75) is 0 Å². The number of halogens is 2. The number of nitrogens with two attached hydrogens (primary N) is 1. The molecule has 0 saturated carbocycles. The maximum atomic E-state index is 13.1. The number of nitrogen functional groups attached to an aromatic ring is 1. The summed E-state index contributed by atoms with van der Waals surface area (Å²) < 4.78 is 14.9. The molecule has 1 nitrogen and oxygen atoms in total. The molecule has 0 spiro atoms. The Morgan fingerprint density at radius 2 is 2.17 bits per heavy atom. The zero-order valence-corrected chi connectivity index (χ0v) is 8.95. The van der Waals surface area contributed by atoms with Crippen LogP contribution in [0.4, 0.5) is 10.1 Å². The summed E-state index contributed by atoms with van der Waals surface area (Å²) in [6.07, 6.45) is 0. The van der Waals surface area contributed by atoms with Gasteiger partial charge in [-0.3, -0.25) is 0 Å². The molecule has 0 unspecified atom stereocenters. The lowest BCUT2D eigenvalue weighted by Gasteiger charge is -1.97. The lowest BCUT2D eigenvalue weighted by molar-refractivity contribution is 0.644. The molecule has 2 rings (SSSR count). The zero-order chi connectivity index (χ0) is 8.72. The van der Waals surface area contributed by atoms with Gasteiger partial charge in [-0.05, 0) is 34.7 Å². The fourth-order valence-corrected chi connectivity index (χ4v) is 2.85. The van der Waals surface area contributed by atoms with Gasteiger partial charge in [-0.2, -0.15) is 0 Å². The van der Waals surface area contributed by atoms with Crippen LogP contribution in [0.3, 0.4) is 0 Å². The van der Waals surface area contributed by atoms with Crippen LogP contribution in [0.5, 0.6) is 0 Å². The van der Waals surface area contributed by atoms with Gasteiger partial charge in [-0.15, -0.1) is 11.3 Å². The van der Waals surface area contributed by atoms with Crippen LogP contribution >= 0.6 is 33.9 Å². The van der Waals surface area contributed by atoms with Crippen molar-refractivity contribution in [1.82, 2.24) is 0 Å². The molecule has 4 heteroatoms. The number of rotatable bonds is 0. The molecular weight excluding hydrogens is 288 g/mol. The Morgan fingerprint density at radius 1 is 1.42 bits per heavy atom. The van der Waals surface area contributed by atoms with E-state index in [9.17, 15) is 4.39 Å². The van der Waals surface area contributed by atoms with Gasteiger partial charge in [0.25, 0.3) is 0 Å². The lowest BCUT2D eigenvalue weighted by Crippen LogP contribution is -1.85. The summed E-state index contributed by atoms with van der Waals surface area (Å²) in [5.74, 6) is -0.174. The third kappa shape index (κ3) is 1.09. The first-order chi connectivity index (χ1) is 5.70. The molecule has 0 amide bonds. The Kier molecular flexibility index (Phi) is 1.96. The van der Waals surface area contributed by atoms with E-state index in [1.165, 1.54) is 16.7 Å². The Balaban J connectivity index is 2.98. The van der Waals surface area contributed by atoms with E-state index in [1.807, 2.05) is 6.07 Å². The van der Waals surface area contributed by atoms with Gasteiger partial charge in [-0.1, -0.05) is 0 Å². The number of hydrogen-bond acceptors (Lipinski definition) is 2. The van der Waals surface area contributed by atoms with Gasteiger partial charge in [-0.25, -0.2) is 4.39 Å². The third-order valence-electron chi connectivity index (χ3n) is 1.66. The van der Waals surface area contributed by atoms with Crippen molar-refractivity contribution >= 4 is 49.7 Å². The molecule has 12 heavy (non-hydrogen) atoms. The topological polar surface area (TPSA) is 26.0 Å². The molecule has 2 aromatic rings. The summed E-state index contributed by atoms with van der Waals surface area (Å²) in [5, 5.41) is 2.14. The fraction of sp³-hybridized carbons (Fsp3) is 0. The fourth-order valence-electron chi connectivity index (χ4n) is 1.09. The summed E-state index contributed by atoms with van der Waals surface area (Å²) >= 11 is 3.46. The van der Waals surface area contributed by atoms with E-state index in [0.29, 0.717) is 11.1 Å². The average molecular weight is 293 g/mol. The molecule has 0 fully saturated rings. The molecule has 62 valence electrons. The van der Waals surface area contributed by atoms with Crippen LogP contribution in [-0.4, -0.2) is 0 Å². The lowest BCUT2D eigenvalue weighted by atomic mass is 10.2. The minimum absolute atomic E-state index is 0.174. The molecule has 0 radical (unpaired) electrons. The van der Waals surface area contributed by atoms with Gasteiger partial charge >= 0.3 is 0 Å². The molecule has 0 aliphatic rings. The molecule has 1 heterocycles. The summed E-state index contributed by atoms with van der Waals surface area (Å²) in [6, 6.07) is 3.63. The van der Waals surface area contributed by atoms with Gasteiger partial charge < -0.3 is 5.73 Å². The maximum absolute atomic E-state index is 13.1. The first-order valence-electron chi connectivity index (χ1n) is 3.31.